The molecule has 1 unspecified atom stereocenters. The fourth-order valence-corrected chi connectivity index (χ4v) is 9.81. The molecule has 9 aromatic rings. The lowest BCUT2D eigenvalue weighted by Crippen LogP contribution is -2.26. The molecule has 3 heteroatoms. The van der Waals surface area contributed by atoms with E-state index in [1.807, 2.05) is 6.07 Å². The second kappa shape index (κ2) is 13.3. The van der Waals surface area contributed by atoms with Gasteiger partial charge in [-0.2, -0.15) is 0 Å². The van der Waals surface area contributed by atoms with Gasteiger partial charge in [0.05, 0.1) is 5.41 Å². The van der Waals surface area contributed by atoms with Gasteiger partial charge in [0.25, 0.3) is 0 Å². The molecular weight excluding hydrogens is 715 g/mol. The predicted octanol–water partition coefficient (Wildman–Crippen LogP) is 13.8. The molecule has 0 radical (unpaired) electrons. The molecule has 59 heavy (non-hydrogen) atoms. The van der Waals surface area contributed by atoms with Crippen LogP contribution in [0.3, 0.4) is 0 Å². The third kappa shape index (κ3) is 5.25. The lowest BCUT2D eigenvalue weighted by molar-refractivity contribution is 0.795. The van der Waals surface area contributed by atoms with Crippen LogP contribution < -0.4 is 0 Å². The number of fused-ring (bicyclic) bond motifs is 11. The van der Waals surface area contributed by atoms with Gasteiger partial charge in [0.15, 0.2) is 17.5 Å². The summed E-state index contributed by atoms with van der Waals surface area (Å²) < 4.78 is 0. The summed E-state index contributed by atoms with van der Waals surface area (Å²) in [5.41, 5.74) is 17.4. The van der Waals surface area contributed by atoms with Crippen molar-refractivity contribution in [2.75, 3.05) is 0 Å². The first-order valence-corrected chi connectivity index (χ1v) is 20.5. The minimum atomic E-state index is -0.498. The van der Waals surface area contributed by atoms with E-state index >= 15 is 0 Å². The molecule has 1 spiro atoms. The standard InChI is InChI=1S/C56H37N3/c1-3-13-36(14-4-1)38-23-27-40(28-24-38)53-57-54(41-29-25-39(26-30-41)37-15-5-2-6-16-37)59-55(58-53)44-31-32-47-45-19-9-11-21-49(45)56(51(47)35-44)50-22-12-10-20-46(50)48-33-42-17-7-8-18-43(42)34-52(48)56/h1,3-5,7-35H,2,6H2. The van der Waals surface area contributed by atoms with Crippen LogP contribution in [0.2, 0.25) is 0 Å². The topological polar surface area (TPSA) is 38.7 Å². The average molecular weight is 752 g/mol. The van der Waals surface area contributed by atoms with Gasteiger partial charge in [-0.05, 0) is 109 Å². The highest BCUT2D eigenvalue weighted by molar-refractivity contribution is 6.00. The summed E-state index contributed by atoms with van der Waals surface area (Å²) in [5, 5.41) is 2.49. The van der Waals surface area contributed by atoms with Crippen LogP contribution in [-0.2, 0) is 5.41 Å². The number of hydrogen-bond donors (Lipinski definition) is 0. The third-order valence-electron chi connectivity index (χ3n) is 12.6. The van der Waals surface area contributed by atoms with Gasteiger partial charge in [0.1, 0.15) is 0 Å². The van der Waals surface area contributed by atoms with Crippen LogP contribution in [0.5, 0.6) is 0 Å². The zero-order valence-corrected chi connectivity index (χ0v) is 32.3. The molecular formula is C56H37N3. The molecule has 1 atom stereocenters. The van der Waals surface area contributed by atoms with Gasteiger partial charge in [-0.25, -0.2) is 15.0 Å². The van der Waals surface area contributed by atoms with E-state index in [4.69, 9.17) is 15.0 Å². The molecule has 0 saturated carbocycles. The lowest BCUT2D eigenvalue weighted by atomic mass is 9.70. The fraction of sp³-hybridized carbons (Fsp3) is 0.0536. The van der Waals surface area contributed by atoms with Crippen molar-refractivity contribution in [3.63, 3.8) is 0 Å². The average Bonchev–Trinajstić information content (AvgIpc) is 3.77. The first-order chi connectivity index (χ1) is 29.2. The molecule has 0 amide bonds. The largest absolute Gasteiger partial charge is 0.208 e. The summed E-state index contributed by atoms with van der Waals surface area (Å²) in [5.74, 6) is 1.95. The highest BCUT2D eigenvalue weighted by atomic mass is 15.0. The number of rotatable bonds is 5. The second-order valence-corrected chi connectivity index (χ2v) is 15.8. The molecule has 3 nitrogen and oxygen atoms in total. The normalized spacial score (nSPS) is 15.8. The zero-order chi connectivity index (χ0) is 38.9. The Hall–Kier alpha value is -7.49. The number of benzene rings is 8. The Morgan fingerprint density at radius 3 is 1.49 bits per heavy atom. The van der Waals surface area contributed by atoms with Gasteiger partial charge in [-0.15, -0.1) is 0 Å². The minimum Gasteiger partial charge on any atom is -0.208 e. The Morgan fingerprint density at radius 2 is 0.831 bits per heavy atom. The van der Waals surface area contributed by atoms with Gasteiger partial charge in [-0.1, -0.05) is 182 Å². The molecule has 1 heterocycles. The molecule has 3 aliphatic rings. The van der Waals surface area contributed by atoms with Crippen molar-refractivity contribution in [3.05, 3.63) is 228 Å². The van der Waals surface area contributed by atoms with Crippen LogP contribution in [0.4, 0.5) is 0 Å². The van der Waals surface area contributed by atoms with Crippen molar-refractivity contribution in [3.8, 4) is 67.5 Å². The molecule has 0 aliphatic heterocycles. The second-order valence-electron chi connectivity index (χ2n) is 15.8. The number of aromatic nitrogens is 3. The number of nitrogens with zero attached hydrogens (tertiary/aromatic N) is 3. The van der Waals surface area contributed by atoms with Crippen molar-refractivity contribution in [1.29, 1.82) is 0 Å². The molecule has 3 aliphatic carbocycles. The molecule has 0 bridgehead atoms. The summed E-state index contributed by atoms with van der Waals surface area (Å²) in [7, 11) is 0. The van der Waals surface area contributed by atoms with E-state index in [-0.39, 0.29) is 0 Å². The predicted molar refractivity (Wildman–Crippen MR) is 242 cm³/mol. The minimum absolute atomic E-state index is 0.498. The molecule has 0 N–H and O–H groups in total. The molecule has 12 rings (SSSR count). The Balaban J connectivity index is 1.06. The smallest absolute Gasteiger partial charge is 0.164 e. The van der Waals surface area contributed by atoms with E-state index in [9.17, 15) is 0 Å². The molecule has 8 aromatic carbocycles. The maximum Gasteiger partial charge on any atom is 0.164 e. The van der Waals surface area contributed by atoms with E-state index < -0.39 is 5.41 Å². The van der Waals surface area contributed by atoms with E-state index in [2.05, 4.69) is 194 Å². The van der Waals surface area contributed by atoms with Crippen LogP contribution in [0, 0.1) is 0 Å². The number of allylic oxidation sites excluding steroid dienone is 4. The van der Waals surface area contributed by atoms with E-state index in [0.29, 0.717) is 17.5 Å². The van der Waals surface area contributed by atoms with Crippen molar-refractivity contribution in [2.24, 2.45) is 0 Å². The zero-order valence-electron chi connectivity index (χ0n) is 32.3. The van der Waals surface area contributed by atoms with Gasteiger partial charge in [0, 0.05) is 16.7 Å². The van der Waals surface area contributed by atoms with Crippen LogP contribution in [0.25, 0.3) is 83.9 Å². The summed E-state index contributed by atoms with van der Waals surface area (Å²) in [6.07, 6.45) is 8.95. The van der Waals surface area contributed by atoms with Gasteiger partial charge < -0.3 is 0 Å². The Labute approximate surface area is 343 Å². The first kappa shape index (κ1) is 33.6. The Kier molecular flexibility index (Phi) is 7.58. The highest BCUT2D eigenvalue weighted by Crippen LogP contribution is 2.63. The van der Waals surface area contributed by atoms with E-state index in [0.717, 1.165) is 35.1 Å². The van der Waals surface area contributed by atoms with E-state index in [1.165, 1.54) is 72.0 Å². The molecule has 276 valence electrons. The van der Waals surface area contributed by atoms with E-state index in [1.54, 1.807) is 0 Å². The monoisotopic (exact) mass is 751 g/mol. The van der Waals surface area contributed by atoms with Crippen LogP contribution in [0.15, 0.2) is 200 Å². The molecule has 0 saturated heterocycles. The number of hydrogen-bond acceptors (Lipinski definition) is 3. The van der Waals surface area contributed by atoms with Crippen molar-refractivity contribution in [1.82, 2.24) is 15.0 Å². The quantitative estimate of drug-likeness (QED) is 0.176. The van der Waals surface area contributed by atoms with Crippen molar-refractivity contribution >= 4 is 16.3 Å². The first-order valence-electron chi connectivity index (χ1n) is 20.5. The maximum absolute atomic E-state index is 5.28. The third-order valence-corrected chi connectivity index (χ3v) is 12.6. The fourth-order valence-electron chi connectivity index (χ4n) is 9.81. The maximum atomic E-state index is 5.28. The molecule has 1 aromatic heterocycles. The SMILES string of the molecule is C1=CC(c2ccc(-c3nc(-c4ccc(-c5ccccc5)cc4)nc(-c4ccc5c(c4)C4(c6ccccc6-5)c5ccccc5-c5cc6ccccc6cc54)n3)cc2)=CCC1. The highest BCUT2D eigenvalue weighted by Gasteiger charge is 2.51. The van der Waals surface area contributed by atoms with Crippen LogP contribution in [0.1, 0.15) is 40.7 Å². The Morgan fingerprint density at radius 1 is 0.339 bits per heavy atom. The summed E-state index contributed by atoms with van der Waals surface area (Å²) in [6, 6.07) is 66.1. The Bertz CT molecular complexity index is 3190. The molecule has 0 fully saturated rings. The van der Waals surface area contributed by atoms with Gasteiger partial charge >= 0.3 is 0 Å². The lowest BCUT2D eigenvalue weighted by Gasteiger charge is -2.31. The summed E-state index contributed by atoms with van der Waals surface area (Å²) in [6.45, 7) is 0. The summed E-state index contributed by atoms with van der Waals surface area (Å²) in [4.78, 5) is 15.7. The van der Waals surface area contributed by atoms with Crippen LogP contribution >= 0.6 is 0 Å². The van der Waals surface area contributed by atoms with Crippen LogP contribution in [-0.4, -0.2) is 15.0 Å². The van der Waals surface area contributed by atoms with Gasteiger partial charge in [-0.3, -0.25) is 0 Å². The van der Waals surface area contributed by atoms with Gasteiger partial charge in [0.2, 0.25) is 0 Å². The van der Waals surface area contributed by atoms with Crippen molar-refractivity contribution in [2.45, 2.75) is 18.3 Å². The summed E-state index contributed by atoms with van der Waals surface area (Å²) >= 11 is 0. The van der Waals surface area contributed by atoms with Crippen molar-refractivity contribution < 1.29 is 0 Å².